The van der Waals surface area contributed by atoms with Gasteiger partial charge in [0.2, 0.25) is 5.43 Å². The number of H-pyrrole nitrogens is 1. The summed E-state index contributed by atoms with van der Waals surface area (Å²) in [4.78, 5) is 42.3. The third kappa shape index (κ3) is 3.99. The molecule has 1 atom stereocenters. The normalized spacial score (nSPS) is 14.6. The third-order valence-electron chi connectivity index (χ3n) is 7.03. The maximum atomic E-state index is 13.7. The number of fused-ring (bicyclic) bond motifs is 4. The Morgan fingerprint density at radius 1 is 0.872 bits per heavy atom. The van der Waals surface area contributed by atoms with E-state index in [0.717, 1.165) is 5.39 Å². The number of pyridine rings is 1. The molecule has 0 bridgehead atoms. The van der Waals surface area contributed by atoms with Crippen LogP contribution in [0.4, 0.5) is 0 Å². The van der Waals surface area contributed by atoms with Crippen LogP contribution in [0.5, 0.6) is 23.0 Å². The van der Waals surface area contributed by atoms with Crippen LogP contribution in [-0.2, 0) is 4.79 Å². The van der Waals surface area contributed by atoms with E-state index in [1.54, 1.807) is 55.6 Å². The molecular formula is C30H23NO8. The predicted octanol–water partition coefficient (Wildman–Crippen LogP) is 4.77. The minimum absolute atomic E-state index is 0.0853. The summed E-state index contributed by atoms with van der Waals surface area (Å²) in [5.74, 6) is 0.695. The topological polar surface area (TPSA) is 117 Å². The van der Waals surface area contributed by atoms with Crippen molar-refractivity contribution in [3.63, 3.8) is 0 Å². The maximum absolute atomic E-state index is 13.7. The molecule has 0 radical (unpaired) electrons. The van der Waals surface area contributed by atoms with Crippen molar-refractivity contribution in [3.05, 3.63) is 92.6 Å². The average molecular weight is 526 g/mol. The Morgan fingerprint density at radius 2 is 1.69 bits per heavy atom. The molecule has 1 N–H and O–H groups in total. The molecule has 0 aliphatic carbocycles. The van der Waals surface area contributed by atoms with Gasteiger partial charge in [0.25, 0.3) is 5.56 Å². The fraction of sp³-hybridized carbons (Fsp3) is 0.167. The minimum atomic E-state index is -0.685. The van der Waals surface area contributed by atoms with Crippen LogP contribution >= 0.6 is 0 Å². The molecular weight excluding hydrogens is 502 g/mol. The first-order chi connectivity index (χ1) is 18.9. The van der Waals surface area contributed by atoms with E-state index in [2.05, 4.69) is 4.98 Å². The van der Waals surface area contributed by atoms with Gasteiger partial charge in [0, 0.05) is 23.1 Å². The van der Waals surface area contributed by atoms with E-state index in [9.17, 15) is 14.4 Å². The number of hydrogen-bond acceptors (Lipinski definition) is 8. The smallest absolute Gasteiger partial charge is 0.312 e. The Balaban J connectivity index is 1.54. The molecule has 0 saturated heterocycles. The van der Waals surface area contributed by atoms with Gasteiger partial charge >= 0.3 is 5.97 Å². The van der Waals surface area contributed by atoms with Crippen molar-refractivity contribution >= 4 is 27.8 Å². The monoisotopic (exact) mass is 525 g/mol. The summed E-state index contributed by atoms with van der Waals surface area (Å²) in [6.07, 6.45) is 1.29. The number of esters is 1. The lowest BCUT2D eigenvalue weighted by Gasteiger charge is -2.25. The van der Waals surface area contributed by atoms with Crippen LogP contribution in [0.3, 0.4) is 0 Å². The summed E-state index contributed by atoms with van der Waals surface area (Å²) in [6.45, 7) is 0. The first-order valence-corrected chi connectivity index (χ1v) is 12.1. The van der Waals surface area contributed by atoms with Crippen LogP contribution in [-0.4, -0.2) is 32.3 Å². The molecule has 3 aromatic carbocycles. The number of ether oxygens (including phenoxy) is 4. The molecule has 0 fully saturated rings. The number of aromatic nitrogens is 1. The Hall–Kier alpha value is -5.05. The molecule has 1 aliphatic rings. The van der Waals surface area contributed by atoms with Crippen molar-refractivity contribution in [2.75, 3.05) is 21.3 Å². The van der Waals surface area contributed by atoms with Crippen molar-refractivity contribution < 1.29 is 28.2 Å². The number of benzene rings is 3. The summed E-state index contributed by atoms with van der Waals surface area (Å²) in [6, 6.07) is 15.4. The summed E-state index contributed by atoms with van der Waals surface area (Å²) < 4.78 is 27.5. The van der Waals surface area contributed by atoms with Gasteiger partial charge in [-0.05, 0) is 53.4 Å². The van der Waals surface area contributed by atoms with Crippen molar-refractivity contribution in [2.45, 2.75) is 12.3 Å². The van der Waals surface area contributed by atoms with Gasteiger partial charge in [0.1, 0.15) is 23.3 Å². The van der Waals surface area contributed by atoms with E-state index in [1.165, 1.54) is 20.5 Å². The second kappa shape index (κ2) is 9.36. The van der Waals surface area contributed by atoms with E-state index < -0.39 is 11.9 Å². The van der Waals surface area contributed by atoms with Gasteiger partial charge in [-0.3, -0.25) is 14.4 Å². The highest BCUT2D eigenvalue weighted by Gasteiger charge is 2.34. The molecule has 0 amide bonds. The van der Waals surface area contributed by atoms with Gasteiger partial charge in [-0.25, -0.2) is 0 Å². The highest BCUT2D eigenvalue weighted by atomic mass is 16.5. The second-order valence-corrected chi connectivity index (χ2v) is 9.14. The fourth-order valence-corrected chi connectivity index (χ4v) is 5.11. The zero-order valence-corrected chi connectivity index (χ0v) is 21.3. The number of aromatic amines is 1. The number of rotatable bonds is 5. The first-order valence-electron chi connectivity index (χ1n) is 12.1. The number of nitrogens with one attached hydrogen (secondary N) is 1. The lowest BCUT2D eigenvalue weighted by Crippen LogP contribution is -2.26. The van der Waals surface area contributed by atoms with E-state index in [0.29, 0.717) is 50.4 Å². The maximum Gasteiger partial charge on any atom is 0.312 e. The summed E-state index contributed by atoms with van der Waals surface area (Å²) in [7, 11) is 4.60. The van der Waals surface area contributed by atoms with Crippen molar-refractivity contribution in [3.8, 4) is 34.1 Å². The van der Waals surface area contributed by atoms with Crippen molar-refractivity contribution in [1.29, 1.82) is 0 Å². The number of carbonyl (C=O) groups is 1. The zero-order chi connectivity index (χ0) is 27.3. The molecule has 39 heavy (non-hydrogen) atoms. The second-order valence-electron chi connectivity index (χ2n) is 9.14. The van der Waals surface area contributed by atoms with E-state index in [4.69, 9.17) is 23.4 Å². The summed E-state index contributed by atoms with van der Waals surface area (Å²) in [5.41, 5.74) is 1.98. The van der Waals surface area contributed by atoms with Gasteiger partial charge in [-0.15, -0.1) is 0 Å². The molecule has 2 aromatic heterocycles. The largest absolute Gasteiger partial charge is 0.497 e. The minimum Gasteiger partial charge on any atom is -0.497 e. The average Bonchev–Trinajstić information content (AvgIpc) is 2.95. The molecule has 196 valence electrons. The lowest BCUT2D eigenvalue weighted by molar-refractivity contribution is -0.135. The Morgan fingerprint density at radius 3 is 2.46 bits per heavy atom. The van der Waals surface area contributed by atoms with Gasteiger partial charge in [0.15, 0.2) is 11.5 Å². The molecule has 0 unspecified atom stereocenters. The summed E-state index contributed by atoms with van der Waals surface area (Å²) >= 11 is 0. The number of carbonyl (C=O) groups excluding carboxylic acids is 1. The van der Waals surface area contributed by atoms with E-state index in [1.807, 2.05) is 6.07 Å². The molecule has 9 heteroatoms. The third-order valence-corrected chi connectivity index (χ3v) is 7.03. The van der Waals surface area contributed by atoms with Gasteiger partial charge in [0.05, 0.1) is 44.2 Å². The van der Waals surface area contributed by atoms with Crippen LogP contribution in [0.25, 0.3) is 33.0 Å². The van der Waals surface area contributed by atoms with Crippen molar-refractivity contribution in [1.82, 2.24) is 4.98 Å². The Bertz CT molecular complexity index is 1900. The quantitative estimate of drug-likeness (QED) is 0.258. The number of methoxy groups -OCH3 is 3. The predicted molar refractivity (Wildman–Crippen MR) is 144 cm³/mol. The standard InChI is InChI=1S/C30H23NO8/c1-35-17-6-4-16-10-20(30(34)31-22(16)12-17)19-13-26(32)39-24-9-7-18-28(33)21(14-38-29(18)27(19)24)15-5-8-23(36-2)25(11-15)37-3/h4-12,14,19H,13H2,1-3H3,(H,31,34)/t19-/m1/s1. The number of hydrogen-bond donors (Lipinski definition) is 1. The summed E-state index contributed by atoms with van der Waals surface area (Å²) in [5, 5.41) is 1.06. The van der Waals surface area contributed by atoms with Crippen LogP contribution < -0.4 is 29.9 Å². The molecule has 1 aliphatic heterocycles. The van der Waals surface area contributed by atoms with Crippen LogP contribution in [0.2, 0.25) is 0 Å². The van der Waals surface area contributed by atoms with Gasteiger partial charge in [-0.2, -0.15) is 0 Å². The molecule has 3 heterocycles. The highest BCUT2D eigenvalue weighted by Crippen LogP contribution is 2.42. The molecule has 6 rings (SSSR count). The van der Waals surface area contributed by atoms with E-state index >= 15 is 0 Å². The Kier molecular flexibility index (Phi) is 5.83. The Labute approximate surface area is 221 Å². The van der Waals surface area contributed by atoms with Crippen LogP contribution in [0.1, 0.15) is 23.5 Å². The van der Waals surface area contributed by atoms with Gasteiger partial charge in [-0.1, -0.05) is 6.07 Å². The highest BCUT2D eigenvalue weighted by molar-refractivity contribution is 5.91. The molecule has 0 spiro atoms. The lowest BCUT2D eigenvalue weighted by atomic mass is 9.85. The molecule has 9 nitrogen and oxygen atoms in total. The molecule has 5 aromatic rings. The van der Waals surface area contributed by atoms with Crippen LogP contribution in [0.15, 0.2) is 74.9 Å². The zero-order valence-electron chi connectivity index (χ0n) is 21.3. The van der Waals surface area contributed by atoms with Crippen LogP contribution in [0, 0.1) is 0 Å². The molecule has 0 saturated carbocycles. The first kappa shape index (κ1) is 24.3. The fourth-order valence-electron chi connectivity index (χ4n) is 5.11. The SMILES string of the molecule is COc1ccc2cc([C@H]3CC(=O)Oc4ccc5c(=O)c(-c6ccc(OC)c(OC)c6)coc5c43)c(=O)[nH]c2c1. The van der Waals surface area contributed by atoms with Crippen molar-refractivity contribution in [2.24, 2.45) is 0 Å². The van der Waals surface area contributed by atoms with Gasteiger partial charge < -0.3 is 28.3 Å². The van der Waals surface area contributed by atoms with E-state index in [-0.39, 0.29) is 28.7 Å².